The number of aromatic amines is 1. The van der Waals surface area contributed by atoms with Gasteiger partial charge in [-0.1, -0.05) is 0 Å². The Morgan fingerprint density at radius 1 is 1.28 bits per heavy atom. The quantitative estimate of drug-likeness (QED) is 0.242. The minimum Gasteiger partial charge on any atom is -0.481 e. The highest BCUT2D eigenvalue weighted by molar-refractivity contribution is 5.84. The van der Waals surface area contributed by atoms with Crippen LogP contribution in [0.3, 0.4) is 0 Å². The summed E-state index contributed by atoms with van der Waals surface area (Å²) in [5, 5.41) is 26.9. The van der Waals surface area contributed by atoms with Crippen molar-refractivity contribution in [2.45, 2.75) is 24.9 Å². The molecule has 1 aliphatic rings. The number of carboxylic acid groups (broad SMARTS) is 2. The lowest BCUT2D eigenvalue weighted by Crippen LogP contribution is -2.49. The van der Waals surface area contributed by atoms with E-state index in [1.54, 1.807) is 24.3 Å². The first-order valence-electron chi connectivity index (χ1n) is 9.71. The molecule has 3 rings (SSSR count). The lowest BCUT2D eigenvalue weighted by molar-refractivity contribution is -0.139. The third-order valence-electron chi connectivity index (χ3n) is 4.90. The number of carbonyl (C=O) groups is 3. The van der Waals surface area contributed by atoms with Crippen LogP contribution in [0.25, 0.3) is 0 Å². The molecule has 13 heteroatoms. The maximum Gasteiger partial charge on any atom is 0.326 e. The van der Waals surface area contributed by atoms with Gasteiger partial charge >= 0.3 is 11.9 Å². The fourth-order valence-electron chi connectivity index (χ4n) is 3.30. The highest BCUT2D eigenvalue weighted by atomic mass is 16.4. The third kappa shape index (κ3) is 5.24. The predicted octanol–water partition coefficient (Wildman–Crippen LogP) is -0.0490. The molecule has 1 aromatic heterocycles. The van der Waals surface area contributed by atoms with Crippen LogP contribution in [-0.2, 0) is 14.4 Å². The van der Waals surface area contributed by atoms with E-state index in [4.69, 9.17) is 10.8 Å². The number of hydrogen-bond donors (Lipinski definition) is 7. The van der Waals surface area contributed by atoms with Crippen LogP contribution >= 0.6 is 0 Å². The van der Waals surface area contributed by atoms with Crippen molar-refractivity contribution < 1.29 is 24.6 Å². The van der Waals surface area contributed by atoms with Crippen LogP contribution in [0, 0.1) is 0 Å². The van der Waals surface area contributed by atoms with Crippen molar-refractivity contribution >= 4 is 47.2 Å². The molecule has 0 unspecified atom stereocenters. The molecule has 32 heavy (non-hydrogen) atoms. The number of aliphatic carboxylic acids is 2. The first-order valence-corrected chi connectivity index (χ1v) is 9.71. The van der Waals surface area contributed by atoms with Crippen molar-refractivity contribution in [3.8, 4) is 0 Å². The maximum atomic E-state index is 12.2. The average Bonchev–Trinajstić information content (AvgIpc) is 2.75. The van der Waals surface area contributed by atoms with E-state index in [0.29, 0.717) is 30.9 Å². The summed E-state index contributed by atoms with van der Waals surface area (Å²) in [6, 6.07) is 5.33. The van der Waals surface area contributed by atoms with Crippen LogP contribution in [0.2, 0.25) is 0 Å². The normalized spacial score (nSPS) is 15.8. The molecule has 2 aromatic rings. The summed E-state index contributed by atoms with van der Waals surface area (Å²) in [6.45, 7) is 0.663. The van der Waals surface area contributed by atoms with Gasteiger partial charge < -0.3 is 36.8 Å². The van der Waals surface area contributed by atoms with Crippen LogP contribution in [0.15, 0.2) is 29.1 Å². The fourth-order valence-corrected chi connectivity index (χ4v) is 3.30. The second kappa shape index (κ2) is 9.68. The smallest absolute Gasteiger partial charge is 0.326 e. The van der Waals surface area contributed by atoms with E-state index in [0.717, 1.165) is 0 Å². The van der Waals surface area contributed by atoms with Gasteiger partial charge in [-0.2, -0.15) is 4.98 Å². The molecule has 0 aliphatic carbocycles. The molecule has 0 radical (unpaired) electrons. The largest absolute Gasteiger partial charge is 0.481 e. The number of fused-ring (bicyclic) bond motifs is 1. The SMILES string of the molecule is Nc1nc2c(c(=O)[nH]1)N(C=O)[C@@H](CNc1ccc(N[C@@H](CCC(=O)O)C(=O)O)cc1)CN2. The Kier molecular flexibility index (Phi) is 6.77. The summed E-state index contributed by atoms with van der Waals surface area (Å²) in [5.74, 6) is -2.02. The van der Waals surface area contributed by atoms with Gasteiger partial charge in [-0.05, 0) is 30.7 Å². The van der Waals surface area contributed by atoms with E-state index < -0.39 is 23.5 Å². The molecule has 13 nitrogen and oxygen atoms in total. The Balaban J connectivity index is 1.62. The third-order valence-corrected chi connectivity index (χ3v) is 4.90. The zero-order valence-electron chi connectivity index (χ0n) is 16.9. The second-order valence-electron chi connectivity index (χ2n) is 7.12. The number of H-pyrrole nitrogens is 1. The van der Waals surface area contributed by atoms with Gasteiger partial charge in [0, 0.05) is 30.9 Å². The number of carboxylic acids is 2. The zero-order valence-corrected chi connectivity index (χ0v) is 16.9. The molecule has 0 saturated heterocycles. The molecule has 0 spiro atoms. The van der Waals surface area contributed by atoms with Crippen molar-refractivity contribution in [1.82, 2.24) is 9.97 Å². The van der Waals surface area contributed by atoms with E-state index in [-0.39, 0.29) is 36.3 Å². The monoisotopic (exact) mass is 445 g/mol. The minimum absolute atomic E-state index is 0.0505. The first-order chi connectivity index (χ1) is 15.3. The van der Waals surface area contributed by atoms with Gasteiger partial charge in [0.2, 0.25) is 12.4 Å². The second-order valence-corrected chi connectivity index (χ2v) is 7.12. The number of aromatic nitrogens is 2. The van der Waals surface area contributed by atoms with Gasteiger partial charge in [-0.3, -0.25) is 19.4 Å². The summed E-state index contributed by atoms with van der Waals surface area (Å²) < 4.78 is 0. The van der Waals surface area contributed by atoms with Gasteiger partial charge in [0.25, 0.3) is 5.56 Å². The number of nitrogens with zero attached hydrogens (tertiary/aromatic N) is 2. The Labute approximate surface area is 181 Å². The van der Waals surface area contributed by atoms with Crippen molar-refractivity contribution in [1.29, 1.82) is 0 Å². The number of nitrogens with two attached hydrogens (primary N) is 1. The molecule has 1 aromatic carbocycles. The first kappa shape index (κ1) is 22.4. The summed E-state index contributed by atoms with van der Waals surface area (Å²) in [7, 11) is 0. The fraction of sp³-hybridized carbons (Fsp3) is 0.316. The van der Waals surface area contributed by atoms with Crippen molar-refractivity contribution in [3.63, 3.8) is 0 Å². The average molecular weight is 445 g/mol. The van der Waals surface area contributed by atoms with Crippen LogP contribution in [-0.4, -0.2) is 63.7 Å². The van der Waals surface area contributed by atoms with Crippen molar-refractivity contribution in [2.75, 3.05) is 39.7 Å². The molecular formula is C19H23N7O6. The standard InChI is InChI=1S/C19H23N7O6/c20-19-24-16-15(17(30)25-19)26(9-27)12(8-22-16)7-21-10-1-3-11(4-2-10)23-13(18(31)32)5-6-14(28)29/h1-4,9,12-13,21,23H,5-8H2,(H,28,29)(H,31,32)(H4,20,22,24,25,30)/t12-,13-/m0/s1. The summed E-state index contributed by atoms with van der Waals surface area (Å²) in [4.78, 5) is 53.5. The number of rotatable bonds is 10. The van der Waals surface area contributed by atoms with Crippen LogP contribution in [0.5, 0.6) is 0 Å². The number of nitrogen functional groups attached to an aromatic ring is 1. The number of hydrogen-bond acceptors (Lipinski definition) is 9. The van der Waals surface area contributed by atoms with E-state index in [1.165, 1.54) is 4.90 Å². The molecule has 2 heterocycles. The number of anilines is 5. The summed E-state index contributed by atoms with van der Waals surface area (Å²) in [6.07, 6.45) is 0.248. The highest BCUT2D eigenvalue weighted by Crippen LogP contribution is 2.25. The predicted molar refractivity (Wildman–Crippen MR) is 117 cm³/mol. The number of amides is 1. The molecule has 8 N–H and O–H groups in total. The molecule has 1 aliphatic heterocycles. The number of carbonyl (C=O) groups excluding carboxylic acids is 1. The minimum atomic E-state index is -1.14. The van der Waals surface area contributed by atoms with Gasteiger partial charge in [0.15, 0.2) is 11.5 Å². The molecule has 170 valence electrons. The molecule has 0 bridgehead atoms. The number of benzene rings is 1. The summed E-state index contributed by atoms with van der Waals surface area (Å²) in [5.41, 5.74) is 6.33. The number of nitrogens with one attached hydrogen (secondary N) is 4. The maximum absolute atomic E-state index is 12.2. The van der Waals surface area contributed by atoms with Gasteiger partial charge in [0.1, 0.15) is 6.04 Å². The van der Waals surface area contributed by atoms with Crippen molar-refractivity contribution in [2.24, 2.45) is 0 Å². The Bertz CT molecular complexity index is 1060. The van der Waals surface area contributed by atoms with Gasteiger partial charge in [-0.15, -0.1) is 0 Å². The molecule has 0 fully saturated rings. The lowest BCUT2D eigenvalue weighted by Gasteiger charge is -2.34. The Hall–Kier alpha value is -4.29. The molecule has 2 atom stereocenters. The Morgan fingerprint density at radius 3 is 2.59 bits per heavy atom. The molecule has 1 amide bonds. The molecular weight excluding hydrogens is 422 g/mol. The van der Waals surface area contributed by atoms with Gasteiger partial charge in [-0.25, -0.2) is 4.79 Å². The lowest BCUT2D eigenvalue weighted by atomic mass is 10.1. The van der Waals surface area contributed by atoms with E-state index in [9.17, 15) is 24.3 Å². The van der Waals surface area contributed by atoms with E-state index in [1.807, 2.05) is 0 Å². The van der Waals surface area contributed by atoms with Crippen LogP contribution in [0.4, 0.5) is 28.8 Å². The topological polar surface area (TPSA) is 203 Å². The molecule has 0 saturated carbocycles. The van der Waals surface area contributed by atoms with E-state index >= 15 is 0 Å². The van der Waals surface area contributed by atoms with Gasteiger partial charge in [0.05, 0.1) is 6.04 Å². The van der Waals surface area contributed by atoms with Crippen LogP contribution in [0.1, 0.15) is 12.8 Å². The van der Waals surface area contributed by atoms with E-state index in [2.05, 4.69) is 25.9 Å². The van der Waals surface area contributed by atoms with Crippen molar-refractivity contribution in [3.05, 3.63) is 34.6 Å². The Morgan fingerprint density at radius 2 is 1.97 bits per heavy atom. The summed E-state index contributed by atoms with van der Waals surface area (Å²) >= 11 is 0. The zero-order chi connectivity index (χ0) is 23.3. The highest BCUT2D eigenvalue weighted by Gasteiger charge is 2.29. The van der Waals surface area contributed by atoms with Crippen LogP contribution < -0.4 is 32.1 Å².